The zero-order valence-corrected chi connectivity index (χ0v) is 28.0. The minimum atomic E-state index is -1.26. The normalized spacial score (nSPS) is 12.2. The zero-order valence-electron chi connectivity index (χ0n) is 26.4. The summed E-state index contributed by atoms with van der Waals surface area (Å²) in [5, 5.41) is 16.9. The molecule has 5 aromatic rings. The fraction of sp³-hybridized carbons (Fsp3) is 0.242. The zero-order chi connectivity index (χ0) is 35.5. The molecule has 0 spiro atoms. The van der Waals surface area contributed by atoms with Gasteiger partial charge >= 0.3 is 5.97 Å². The Balaban J connectivity index is 1.40. The maximum Gasteiger partial charge on any atom is 0.326 e. The van der Waals surface area contributed by atoms with Gasteiger partial charge in [-0.3, -0.25) is 14.4 Å². The average molecular weight is 711 g/mol. The van der Waals surface area contributed by atoms with Crippen molar-refractivity contribution in [3.63, 3.8) is 0 Å². The van der Waals surface area contributed by atoms with Crippen molar-refractivity contribution >= 4 is 58.0 Å². The van der Waals surface area contributed by atoms with E-state index in [0.717, 1.165) is 17.3 Å². The van der Waals surface area contributed by atoms with Gasteiger partial charge in [0.15, 0.2) is 22.5 Å². The first-order chi connectivity index (χ1) is 23.3. The molecule has 12 nitrogen and oxygen atoms in total. The van der Waals surface area contributed by atoms with Gasteiger partial charge in [-0.15, -0.1) is 0 Å². The molecule has 256 valence electrons. The van der Waals surface area contributed by atoms with Gasteiger partial charge in [0.2, 0.25) is 0 Å². The lowest BCUT2D eigenvalue weighted by Crippen LogP contribution is -2.41. The number of carboxylic acid groups (broad SMARTS) is 1. The molecule has 49 heavy (non-hydrogen) atoms. The number of fused-ring (bicyclic) bond motifs is 1. The molecule has 1 atom stereocenters. The molecule has 1 amide bonds. The van der Waals surface area contributed by atoms with E-state index in [1.165, 1.54) is 30.0 Å². The van der Waals surface area contributed by atoms with Crippen molar-refractivity contribution in [2.75, 3.05) is 12.3 Å². The Kier molecular flexibility index (Phi) is 10.4. The Hall–Kier alpha value is -5.15. The highest BCUT2D eigenvalue weighted by molar-refractivity contribution is 7.98. The van der Waals surface area contributed by atoms with Crippen LogP contribution in [0.5, 0.6) is 0 Å². The van der Waals surface area contributed by atoms with Crippen LogP contribution in [0.2, 0.25) is 5.02 Å². The lowest BCUT2D eigenvalue weighted by molar-refractivity contribution is -0.139. The van der Waals surface area contributed by atoms with Crippen LogP contribution in [0, 0.1) is 11.6 Å². The largest absolute Gasteiger partial charge is 0.480 e. The number of nitrogens with two attached hydrogens (primary N) is 3. The van der Waals surface area contributed by atoms with Crippen LogP contribution in [-0.4, -0.2) is 50.2 Å². The maximum absolute atomic E-state index is 15.5. The van der Waals surface area contributed by atoms with Crippen LogP contribution in [0.15, 0.2) is 75.5 Å². The van der Waals surface area contributed by atoms with E-state index in [1.807, 2.05) is 30.5 Å². The number of aromatic nitrogens is 3. The number of carbonyl (C=O) groups is 2. The third-order valence-corrected chi connectivity index (χ3v) is 9.29. The summed E-state index contributed by atoms with van der Waals surface area (Å²) >= 11 is 7.67. The summed E-state index contributed by atoms with van der Waals surface area (Å²) < 4.78 is 36.6. The van der Waals surface area contributed by atoms with Crippen molar-refractivity contribution in [2.24, 2.45) is 16.5 Å². The van der Waals surface area contributed by atoms with Gasteiger partial charge in [0.05, 0.1) is 17.3 Å². The molecule has 0 radical (unpaired) electrons. The standard InChI is InChI=1S/C33H33ClF2N8O4S/c1-33(2,18-5-10-26-21(14-18)28(37)43-48-26)27-15-41-32(44(27)20-8-6-19(35)7-9-20)49-16-22-23(34)12-17(13-24(22)36)29(45)42-25(30(46)47)4-3-11-40-31(38)39/h5-10,12-15,25H,3-4,11,16H2,1-2H3,(H2,37,43)(H,42,45)(H,46,47)(H4,38,39,40)/t25-/m1/s1. The highest BCUT2D eigenvalue weighted by Crippen LogP contribution is 2.39. The number of nitrogens with zero attached hydrogens (tertiary/aromatic N) is 4. The van der Waals surface area contributed by atoms with Crippen LogP contribution in [0.3, 0.4) is 0 Å². The van der Waals surface area contributed by atoms with Crippen LogP contribution in [0.1, 0.15) is 53.9 Å². The second kappa shape index (κ2) is 14.5. The second-order valence-corrected chi connectivity index (χ2v) is 13.0. The first-order valence-electron chi connectivity index (χ1n) is 15.0. The third-order valence-electron chi connectivity index (χ3n) is 7.97. The SMILES string of the molecule is CC(C)(c1ccc2onc(N)c2c1)c1cnc(SCc2c(F)cc(C(=O)N[C@H](CCCN=C(N)N)C(=O)O)cc2Cl)n1-c1ccc(F)cc1. The van der Waals surface area contributed by atoms with Gasteiger partial charge in [0.25, 0.3) is 5.91 Å². The van der Waals surface area contributed by atoms with Gasteiger partial charge in [0.1, 0.15) is 17.7 Å². The monoisotopic (exact) mass is 710 g/mol. The molecule has 2 aromatic heterocycles. The van der Waals surface area contributed by atoms with Crippen LogP contribution in [0.4, 0.5) is 14.6 Å². The summed E-state index contributed by atoms with van der Waals surface area (Å²) in [6.07, 6.45) is 2.04. The van der Waals surface area contributed by atoms with E-state index < -0.39 is 35.0 Å². The van der Waals surface area contributed by atoms with E-state index in [1.54, 1.807) is 24.4 Å². The smallest absolute Gasteiger partial charge is 0.326 e. The summed E-state index contributed by atoms with van der Waals surface area (Å²) in [7, 11) is 0. The van der Waals surface area contributed by atoms with Crippen LogP contribution in [-0.2, 0) is 16.0 Å². The molecule has 0 unspecified atom stereocenters. The Morgan fingerprint density at radius 2 is 1.88 bits per heavy atom. The molecule has 0 saturated carbocycles. The number of benzene rings is 3. The summed E-state index contributed by atoms with van der Waals surface area (Å²) in [4.78, 5) is 33.0. The summed E-state index contributed by atoms with van der Waals surface area (Å²) in [6, 6.07) is 12.5. The third kappa shape index (κ3) is 7.78. The van der Waals surface area contributed by atoms with Crippen molar-refractivity contribution in [1.82, 2.24) is 20.0 Å². The van der Waals surface area contributed by atoms with E-state index in [9.17, 15) is 19.1 Å². The number of thioether (sulfide) groups is 1. The van der Waals surface area contributed by atoms with Crippen LogP contribution < -0.4 is 22.5 Å². The average Bonchev–Trinajstić information content (AvgIpc) is 3.65. The highest BCUT2D eigenvalue weighted by Gasteiger charge is 2.31. The number of halogens is 3. The number of carboxylic acids is 1. The lowest BCUT2D eigenvalue weighted by Gasteiger charge is -2.27. The van der Waals surface area contributed by atoms with Crippen molar-refractivity contribution in [2.45, 2.75) is 49.1 Å². The van der Waals surface area contributed by atoms with Crippen molar-refractivity contribution in [3.8, 4) is 5.69 Å². The number of nitrogens with one attached hydrogen (secondary N) is 1. The highest BCUT2D eigenvalue weighted by atomic mass is 35.5. The Bertz CT molecular complexity index is 2020. The molecule has 0 saturated heterocycles. The Labute approximate surface area is 288 Å². The molecule has 0 aliphatic heterocycles. The van der Waals surface area contributed by atoms with Gasteiger partial charge in [-0.05, 0) is 66.9 Å². The molecule has 0 bridgehead atoms. The van der Waals surface area contributed by atoms with Gasteiger partial charge in [-0.1, -0.05) is 48.4 Å². The molecule has 0 fully saturated rings. The number of carbonyl (C=O) groups excluding carboxylic acids is 1. The van der Waals surface area contributed by atoms with Crippen molar-refractivity contribution in [3.05, 3.63) is 99.8 Å². The number of amides is 1. The summed E-state index contributed by atoms with van der Waals surface area (Å²) in [5.74, 6) is -3.08. The van der Waals surface area contributed by atoms with E-state index in [0.29, 0.717) is 28.2 Å². The quantitative estimate of drug-likeness (QED) is 0.0457. The molecular formula is C33H33ClF2N8O4S. The van der Waals surface area contributed by atoms with E-state index in [2.05, 4.69) is 20.4 Å². The number of imidazole rings is 1. The van der Waals surface area contributed by atoms with E-state index in [4.69, 9.17) is 33.3 Å². The van der Waals surface area contributed by atoms with Gasteiger partial charge < -0.3 is 32.1 Å². The summed E-state index contributed by atoms with van der Waals surface area (Å²) in [6.45, 7) is 4.19. The molecule has 3 aromatic carbocycles. The first-order valence-corrected chi connectivity index (χ1v) is 16.3. The van der Waals surface area contributed by atoms with E-state index >= 15 is 4.39 Å². The molecule has 0 aliphatic carbocycles. The predicted octanol–water partition coefficient (Wildman–Crippen LogP) is 5.38. The fourth-order valence-electron chi connectivity index (χ4n) is 5.22. The molecule has 5 rings (SSSR count). The number of nitrogen functional groups attached to an aromatic ring is 1. The minimum absolute atomic E-state index is 0.0242. The number of anilines is 1. The topological polar surface area (TPSA) is 201 Å². The number of aliphatic carboxylic acids is 1. The number of guanidine groups is 1. The van der Waals surface area contributed by atoms with Crippen molar-refractivity contribution in [1.29, 1.82) is 0 Å². The predicted molar refractivity (Wildman–Crippen MR) is 184 cm³/mol. The second-order valence-electron chi connectivity index (χ2n) is 11.7. The Morgan fingerprint density at radius 3 is 2.55 bits per heavy atom. The van der Waals surface area contributed by atoms with Gasteiger partial charge in [-0.25, -0.2) is 18.6 Å². The summed E-state index contributed by atoms with van der Waals surface area (Å²) in [5.41, 5.74) is 18.7. The van der Waals surface area contributed by atoms with Gasteiger partial charge in [-0.2, -0.15) is 0 Å². The Morgan fingerprint density at radius 1 is 1.14 bits per heavy atom. The van der Waals surface area contributed by atoms with E-state index in [-0.39, 0.29) is 46.6 Å². The number of aliphatic imine (C=N–C) groups is 1. The fourth-order valence-corrected chi connectivity index (χ4v) is 6.60. The molecule has 8 N–H and O–H groups in total. The van der Waals surface area contributed by atoms with Crippen LogP contribution in [0.25, 0.3) is 16.7 Å². The first kappa shape index (κ1) is 35.2. The number of rotatable bonds is 13. The lowest BCUT2D eigenvalue weighted by atomic mass is 9.81. The van der Waals surface area contributed by atoms with Crippen LogP contribution >= 0.6 is 23.4 Å². The molecule has 2 heterocycles. The number of hydrogen-bond donors (Lipinski definition) is 5. The van der Waals surface area contributed by atoms with Crippen molar-refractivity contribution < 1.29 is 28.0 Å². The molecular weight excluding hydrogens is 678 g/mol. The minimum Gasteiger partial charge on any atom is -0.480 e. The van der Waals surface area contributed by atoms with Gasteiger partial charge in [0, 0.05) is 39.5 Å². The molecule has 0 aliphatic rings. The maximum atomic E-state index is 15.5. The number of hydrogen-bond acceptors (Lipinski definition) is 8. The molecule has 16 heteroatoms.